The van der Waals surface area contributed by atoms with Crippen LogP contribution in [-0.2, 0) is 16.2 Å². The number of rotatable bonds is 5. The number of nitrogens with zero attached hydrogens (tertiary/aromatic N) is 2. The summed E-state index contributed by atoms with van der Waals surface area (Å²) in [7, 11) is -2.35. The number of benzene rings is 1. The maximum Gasteiger partial charge on any atom is 0.421 e. The van der Waals surface area contributed by atoms with Gasteiger partial charge in [0.25, 0.3) is 0 Å². The fourth-order valence-corrected chi connectivity index (χ4v) is 3.98. The normalized spacial score (nSPS) is 16.2. The lowest BCUT2D eigenvalue weighted by Gasteiger charge is -2.37. The number of aromatic nitrogens is 1. The van der Waals surface area contributed by atoms with Gasteiger partial charge in [-0.25, -0.2) is 13.4 Å². The molecule has 10 heteroatoms. The number of hydrogen-bond donors (Lipinski definition) is 0. The first-order valence-corrected chi connectivity index (χ1v) is 8.99. The van der Waals surface area contributed by atoms with Crippen LogP contribution in [0, 0.1) is 0 Å². The van der Waals surface area contributed by atoms with Crippen molar-refractivity contribution in [3.63, 3.8) is 0 Å². The lowest BCUT2D eigenvalue weighted by molar-refractivity contribution is -0.140. The summed E-state index contributed by atoms with van der Waals surface area (Å²) in [6, 6.07) is 7.99. The fourth-order valence-electron chi connectivity index (χ4n) is 2.44. The van der Waals surface area contributed by atoms with Crippen LogP contribution in [0.3, 0.4) is 0 Å². The van der Waals surface area contributed by atoms with Crippen LogP contribution in [0.5, 0.6) is 11.6 Å². The molecule has 1 saturated heterocycles. The highest BCUT2D eigenvalue weighted by Crippen LogP contribution is 2.36. The first kappa shape index (κ1) is 18.5. The Labute approximate surface area is 148 Å². The number of methoxy groups -OCH3 is 1. The Morgan fingerprint density at radius 3 is 2.58 bits per heavy atom. The van der Waals surface area contributed by atoms with Gasteiger partial charge in [0.1, 0.15) is 17.4 Å². The van der Waals surface area contributed by atoms with Gasteiger partial charge < -0.3 is 9.47 Å². The lowest BCUT2D eigenvalue weighted by Crippen LogP contribution is -2.56. The smallest absolute Gasteiger partial charge is 0.421 e. The highest BCUT2D eigenvalue weighted by atomic mass is 32.2. The zero-order valence-corrected chi connectivity index (χ0v) is 14.4. The summed E-state index contributed by atoms with van der Waals surface area (Å²) in [6.07, 6.45) is -4.11. The van der Waals surface area contributed by atoms with Crippen molar-refractivity contribution >= 4 is 10.0 Å². The Hall–Kier alpha value is -2.33. The predicted molar refractivity (Wildman–Crippen MR) is 85.4 cm³/mol. The first-order valence-electron chi connectivity index (χ1n) is 7.55. The van der Waals surface area contributed by atoms with Crippen LogP contribution in [0.4, 0.5) is 13.2 Å². The second kappa shape index (κ2) is 6.76. The van der Waals surface area contributed by atoms with E-state index in [-0.39, 0.29) is 18.0 Å². The molecule has 1 aromatic heterocycles. The molecule has 6 nitrogen and oxygen atoms in total. The number of hydrogen-bond acceptors (Lipinski definition) is 5. The minimum absolute atomic E-state index is 0.0455. The van der Waals surface area contributed by atoms with Gasteiger partial charge in [-0.3, -0.25) is 0 Å². The van der Waals surface area contributed by atoms with Gasteiger partial charge in [-0.2, -0.15) is 17.5 Å². The van der Waals surface area contributed by atoms with Gasteiger partial charge >= 0.3 is 6.18 Å². The molecule has 1 fully saturated rings. The molecule has 0 N–H and O–H groups in total. The summed E-state index contributed by atoms with van der Waals surface area (Å²) in [4.78, 5) is 3.65. The minimum Gasteiger partial charge on any atom is -0.497 e. The highest BCUT2D eigenvalue weighted by molar-refractivity contribution is 7.89. The van der Waals surface area contributed by atoms with Crippen LogP contribution in [0.2, 0.25) is 0 Å². The van der Waals surface area contributed by atoms with E-state index in [0.29, 0.717) is 5.75 Å². The van der Waals surface area contributed by atoms with Gasteiger partial charge in [0, 0.05) is 12.3 Å². The standard InChI is InChI=1S/C16H15F3N2O4S/c1-24-11-4-2-5-13(8-11)26(22,23)21-9-12(10-21)25-15-14(16(17,18)19)6-3-7-20-15/h2-8,12H,9-10H2,1H3. The summed E-state index contributed by atoms with van der Waals surface area (Å²) in [6.45, 7) is -0.124. The maximum atomic E-state index is 12.9. The quantitative estimate of drug-likeness (QED) is 0.788. The van der Waals surface area contributed by atoms with E-state index in [2.05, 4.69) is 4.98 Å². The van der Waals surface area contributed by atoms with Gasteiger partial charge in [0.05, 0.1) is 25.1 Å². The van der Waals surface area contributed by atoms with Crippen LogP contribution < -0.4 is 9.47 Å². The molecule has 0 radical (unpaired) electrons. The summed E-state index contributed by atoms with van der Waals surface area (Å²) >= 11 is 0. The van der Waals surface area contributed by atoms with Crippen LogP contribution in [0.25, 0.3) is 0 Å². The van der Waals surface area contributed by atoms with E-state index in [9.17, 15) is 21.6 Å². The zero-order chi connectivity index (χ0) is 18.9. The van der Waals surface area contributed by atoms with Crippen LogP contribution >= 0.6 is 0 Å². The van der Waals surface area contributed by atoms with Crippen molar-refractivity contribution in [2.24, 2.45) is 0 Å². The summed E-state index contributed by atoms with van der Waals surface area (Å²) in [5.74, 6) is -0.161. The van der Waals surface area contributed by atoms with Gasteiger partial charge in [0.15, 0.2) is 0 Å². The Bertz CT molecular complexity index is 896. The Balaban J connectivity index is 1.70. The number of pyridine rings is 1. The summed E-state index contributed by atoms with van der Waals surface area (Å²) < 4.78 is 75.3. The topological polar surface area (TPSA) is 68.7 Å². The summed E-state index contributed by atoms with van der Waals surface area (Å²) in [5, 5.41) is 0. The van der Waals surface area contributed by atoms with Crippen molar-refractivity contribution in [1.29, 1.82) is 0 Å². The molecular weight excluding hydrogens is 373 g/mol. The van der Waals surface area contributed by atoms with Crippen molar-refractivity contribution < 1.29 is 31.1 Å². The average molecular weight is 388 g/mol. The third kappa shape index (κ3) is 3.61. The molecule has 2 heterocycles. The van der Waals surface area contributed by atoms with Crippen molar-refractivity contribution in [2.75, 3.05) is 20.2 Å². The molecule has 0 amide bonds. The molecule has 1 aliphatic rings. The first-order chi connectivity index (χ1) is 12.2. The van der Waals surface area contributed by atoms with E-state index in [1.54, 1.807) is 12.1 Å². The Morgan fingerprint density at radius 2 is 1.92 bits per heavy atom. The molecule has 2 aromatic rings. The monoisotopic (exact) mass is 388 g/mol. The molecule has 0 unspecified atom stereocenters. The van der Waals surface area contributed by atoms with Crippen LogP contribution in [0.15, 0.2) is 47.5 Å². The van der Waals surface area contributed by atoms with E-state index in [1.165, 1.54) is 25.4 Å². The molecular formula is C16H15F3N2O4S. The molecule has 0 bridgehead atoms. The molecule has 0 saturated carbocycles. The maximum absolute atomic E-state index is 12.9. The van der Waals surface area contributed by atoms with Crippen molar-refractivity contribution in [1.82, 2.24) is 9.29 Å². The van der Waals surface area contributed by atoms with E-state index >= 15 is 0 Å². The minimum atomic E-state index is -4.60. The van der Waals surface area contributed by atoms with E-state index < -0.39 is 33.7 Å². The molecule has 1 aromatic carbocycles. The predicted octanol–water partition coefficient (Wildman–Crippen LogP) is 2.56. The van der Waals surface area contributed by atoms with Gasteiger partial charge in [-0.1, -0.05) is 6.07 Å². The Kier molecular flexibility index (Phi) is 4.80. The van der Waals surface area contributed by atoms with Crippen LogP contribution in [-0.4, -0.2) is 44.0 Å². The molecule has 0 aliphatic carbocycles. The third-order valence-electron chi connectivity index (χ3n) is 3.85. The fraction of sp³-hybridized carbons (Fsp3) is 0.312. The SMILES string of the molecule is COc1cccc(S(=O)(=O)N2CC(Oc3ncccc3C(F)(F)F)C2)c1. The van der Waals surface area contributed by atoms with Gasteiger partial charge in [-0.15, -0.1) is 0 Å². The molecule has 140 valence electrons. The second-order valence-corrected chi connectivity index (χ2v) is 7.53. The highest BCUT2D eigenvalue weighted by Gasteiger charge is 2.41. The summed E-state index contributed by atoms with van der Waals surface area (Å²) in [5.41, 5.74) is -0.992. The number of sulfonamides is 1. The zero-order valence-electron chi connectivity index (χ0n) is 13.6. The van der Waals surface area contributed by atoms with E-state index in [0.717, 1.165) is 16.4 Å². The molecule has 3 rings (SSSR count). The average Bonchev–Trinajstić information content (AvgIpc) is 2.57. The van der Waals surface area contributed by atoms with Gasteiger partial charge in [0.2, 0.25) is 15.9 Å². The number of ether oxygens (including phenoxy) is 2. The van der Waals surface area contributed by atoms with Crippen molar-refractivity contribution in [3.05, 3.63) is 48.2 Å². The number of halogens is 3. The Morgan fingerprint density at radius 1 is 1.19 bits per heavy atom. The molecule has 26 heavy (non-hydrogen) atoms. The van der Waals surface area contributed by atoms with Crippen molar-refractivity contribution in [3.8, 4) is 11.6 Å². The van der Waals surface area contributed by atoms with E-state index in [1.807, 2.05) is 0 Å². The van der Waals surface area contributed by atoms with E-state index in [4.69, 9.17) is 9.47 Å². The third-order valence-corrected chi connectivity index (χ3v) is 5.68. The van der Waals surface area contributed by atoms with Crippen LogP contribution in [0.1, 0.15) is 5.56 Å². The molecule has 0 spiro atoms. The lowest BCUT2D eigenvalue weighted by atomic mass is 10.2. The number of alkyl halides is 3. The largest absolute Gasteiger partial charge is 0.497 e. The second-order valence-electron chi connectivity index (χ2n) is 5.59. The van der Waals surface area contributed by atoms with Crippen molar-refractivity contribution in [2.45, 2.75) is 17.2 Å². The molecule has 0 atom stereocenters. The van der Waals surface area contributed by atoms with Gasteiger partial charge in [-0.05, 0) is 24.3 Å². The molecule has 1 aliphatic heterocycles.